The Morgan fingerprint density at radius 2 is 0.733 bits per heavy atom. The van der Waals surface area contributed by atoms with Crippen molar-refractivity contribution in [2.24, 2.45) is 23.5 Å². The molecular formula is C66H132FN6NaO21S6. The average molecular weight is 1580 g/mol. The van der Waals surface area contributed by atoms with Crippen molar-refractivity contribution in [3.8, 4) is 0 Å². The Morgan fingerprint density at radius 3 is 1.00 bits per heavy atom. The normalized spacial score (nSPS) is 29.2. The molecule has 0 radical (unpaired) electrons. The zero-order valence-corrected chi connectivity index (χ0v) is 71.1. The number of carbonyl (C=O) groups is 5. The fourth-order valence-electron chi connectivity index (χ4n) is 11.2. The second-order valence-corrected chi connectivity index (χ2v) is 39.6. The van der Waals surface area contributed by atoms with Crippen molar-refractivity contribution in [2.75, 3.05) is 44.7 Å². The summed E-state index contributed by atoms with van der Waals surface area (Å²) in [5.41, 5.74) is 2.91. The van der Waals surface area contributed by atoms with Gasteiger partial charge in [0.2, 0.25) is 0 Å². The molecule has 18 atom stereocenters. The van der Waals surface area contributed by atoms with Crippen LogP contribution in [0.25, 0.3) is 0 Å². The van der Waals surface area contributed by atoms with Gasteiger partial charge in [0.05, 0.1) is 67.9 Å². The van der Waals surface area contributed by atoms with Crippen LogP contribution in [0.15, 0.2) is 0 Å². The van der Waals surface area contributed by atoms with E-state index in [9.17, 15) is 68.9 Å². The Labute approximate surface area is 644 Å². The number of nitrogens with two attached hydrogens (primary N) is 1. The van der Waals surface area contributed by atoms with E-state index in [0.29, 0.717) is 54.4 Å². The molecule has 6 fully saturated rings. The van der Waals surface area contributed by atoms with Gasteiger partial charge in [-0.3, -0.25) is 8.57 Å². The zero-order chi connectivity index (χ0) is 78.7. The van der Waals surface area contributed by atoms with E-state index in [1.165, 1.54) is 12.7 Å². The van der Waals surface area contributed by atoms with Crippen molar-refractivity contribution in [2.45, 2.75) is 325 Å². The van der Waals surface area contributed by atoms with Gasteiger partial charge in [-0.05, 0) is 211 Å². The van der Waals surface area contributed by atoms with E-state index in [0.717, 1.165) is 38.2 Å². The van der Waals surface area contributed by atoms with Crippen LogP contribution in [-0.4, -0.2) is 237 Å². The summed E-state index contributed by atoms with van der Waals surface area (Å²) in [6, 6.07) is -0.926. The molecule has 0 aromatic rings. The topological polar surface area (TPSA) is 410 Å². The molecule has 0 bridgehead atoms. The zero-order valence-electron chi connectivity index (χ0n) is 65.2. The quantitative estimate of drug-likeness (QED) is 0.0502. The maximum atomic E-state index is 11.7. The molecule has 0 unspecified atom stereocenters. The second kappa shape index (κ2) is 47.0. The Morgan fingerprint density at radius 1 is 0.455 bits per heavy atom. The summed E-state index contributed by atoms with van der Waals surface area (Å²) in [4.78, 5) is 57.8. The van der Waals surface area contributed by atoms with Gasteiger partial charge < -0.3 is 89.1 Å². The minimum absolute atomic E-state index is 0. The van der Waals surface area contributed by atoms with Gasteiger partial charge in [0.1, 0.15) is 47.7 Å². The molecule has 5 amide bonds. The van der Waals surface area contributed by atoms with E-state index in [1.54, 1.807) is 59.6 Å². The number of alkyl carbamates (subject to hydrolysis) is 5. The molecule has 0 saturated heterocycles. The van der Waals surface area contributed by atoms with Crippen LogP contribution in [0, 0.1) is 17.8 Å². The van der Waals surface area contributed by atoms with Crippen LogP contribution in [0.5, 0.6) is 0 Å². The number of carbonyl (C=O) groups excluding carboxylic acids is 5. The first kappa shape index (κ1) is 103. The molecule has 6 aliphatic rings. The Hall–Kier alpha value is -2.06. The number of thioether (sulfide) groups is 2. The van der Waals surface area contributed by atoms with Crippen LogP contribution in [-0.2, 0) is 70.3 Å². The molecule has 6 saturated carbocycles. The van der Waals surface area contributed by atoms with Gasteiger partial charge in [0.25, 0.3) is 10.1 Å². The monoisotopic (exact) mass is 1580 g/mol. The number of amides is 5. The van der Waals surface area contributed by atoms with E-state index in [4.69, 9.17) is 40.1 Å². The molecule has 27 nitrogen and oxygen atoms in total. The van der Waals surface area contributed by atoms with Crippen LogP contribution < -0.4 is 61.9 Å². The molecule has 0 heterocycles. The van der Waals surface area contributed by atoms with Crippen molar-refractivity contribution in [1.82, 2.24) is 26.6 Å². The number of rotatable bonds is 11. The van der Waals surface area contributed by atoms with Gasteiger partial charge in [-0.25, -0.2) is 40.8 Å². The summed E-state index contributed by atoms with van der Waals surface area (Å²) in [5, 5.41) is 51.9. The smallest absolute Gasteiger partial charge is 0.796 e. The minimum atomic E-state index is -3.46. The van der Waals surface area contributed by atoms with Crippen molar-refractivity contribution in [1.29, 1.82) is 0 Å². The first-order valence-electron chi connectivity index (χ1n) is 33.9. The first-order chi connectivity index (χ1) is 45.2. The van der Waals surface area contributed by atoms with Crippen molar-refractivity contribution in [3.05, 3.63) is 0 Å². The SMILES string of the molecule is C.CC(C)(C)OC(=O)N[C@@H]1C[C@@H](S(C)(=O)=O)C[C@H]1O.CS(=O)(=O)[C@@H]1C[C@@H](N)[C@H](O)C1.CS[C@H]1C[C@@H](C)[C@H](NC(=O)OC(C)(C)C)C1.CS[C@H]1C[C@@H](O)[C@H](NC(=O)OC(C)(C)C)C1.C[C@@H]1C[C@@H](O)C[C@H]1NC(=O)OC(C)(C)C.C[C@@H]1C[C@@H](OS(C)(=O)=O)C[C@H]1NC(=O)OC(C)(C)C.C[S-].[2H]CF.[Na+]. The number of hydrogen-bond acceptors (Lipinski definition) is 25. The predicted octanol–water partition coefficient (Wildman–Crippen LogP) is 5.85. The number of hydrogen-bond donors (Lipinski definition) is 10. The molecule has 6 aliphatic carbocycles. The van der Waals surface area contributed by atoms with Crippen LogP contribution >= 0.6 is 23.5 Å². The standard InChI is InChI=1S/C12H23NO5S.C12H23NO2S.C11H21NO5S.C11H21NO3S.C11H21NO3.C6H13NO3S.CH3F.CH4S.CH4.Na/c1-8-6-9(18-19(5,15)16)7-10(8)13-11(14)17-12(2,3)4;1-8-6-9(16-5)7-10(8)13-11(14)15-12(2,3)4;1-11(2,3)17-10(14)12-8-5-7(6-9(8)13)18(4,15)16;1-11(2,3)15-10(14)12-8-5-7(16-4)6-9(8)13;1-7-5-8(13)6-9(7)12-10(14)15-11(2,3)4;1-11(9,10)4-2-5(7)6(8)3-4;2*1-2;;/h8-10H,6-7H2,1-5H3,(H,13,14);8-10H,6-7H2,1-5H3,(H,13,14);7-9,13H,5-6H2,1-4H3,(H,12,14);7-9,13H,5-6H2,1-4H3,(H,12,14);7-9,13H,5-6H2,1-4H3,(H,12,14);4-6,8H,2-3,7H2,1H3;1H3;2H,1H3;1H4;/q;;;;;;;;;+1/p-1/t8-,9-,10-;8-,9+,10-;3*7-,8-,9-;4-,5-,6-;;;;/m111111..../s1/i;;;;;;1D;;;. The number of sulfone groups is 2. The van der Waals surface area contributed by atoms with Crippen molar-refractivity contribution < 1.29 is 133 Å². The molecule has 35 heteroatoms. The molecule has 0 aromatic heterocycles. The van der Waals surface area contributed by atoms with E-state index in [1.807, 2.05) is 94.2 Å². The third kappa shape index (κ3) is 48.8. The van der Waals surface area contributed by atoms with Gasteiger partial charge in [-0.1, -0.05) is 28.2 Å². The fourth-order valence-corrected chi connectivity index (χ4v) is 15.7. The van der Waals surface area contributed by atoms with Crippen LogP contribution in [0.4, 0.5) is 28.4 Å². The summed E-state index contributed by atoms with van der Waals surface area (Å²) in [6.45, 7) is 33.4. The van der Waals surface area contributed by atoms with E-state index in [-0.39, 0.29) is 104 Å². The maximum absolute atomic E-state index is 11.7. The number of alkyl halides is 1. The molecular weight excluding hydrogens is 1450 g/mol. The van der Waals surface area contributed by atoms with Gasteiger partial charge in [-0.15, -0.1) is 0 Å². The number of aliphatic hydroxyl groups is 4. The van der Waals surface area contributed by atoms with Gasteiger partial charge in [-0.2, -0.15) is 38.2 Å². The third-order valence-corrected chi connectivity index (χ3v) is 21.7. The van der Waals surface area contributed by atoms with E-state index < -0.39 is 124 Å². The van der Waals surface area contributed by atoms with Crippen molar-refractivity contribution >= 4 is 96.4 Å². The summed E-state index contributed by atoms with van der Waals surface area (Å²) >= 11 is 7.70. The Bertz CT molecular complexity index is 2740. The summed E-state index contributed by atoms with van der Waals surface area (Å²) in [7, 11) is -10.7. The molecule has 596 valence electrons. The fraction of sp³-hybridized carbons (Fsp3) is 0.924. The van der Waals surface area contributed by atoms with E-state index in [2.05, 4.69) is 52.4 Å². The van der Waals surface area contributed by atoms with Crippen LogP contribution in [0.1, 0.15) is 210 Å². The number of halogens is 1. The summed E-state index contributed by atoms with van der Waals surface area (Å²) in [5.74, 6) is 1.01. The minimum Gasteiger partial charge on any atom is -0.796 e. The second-order valence-electron chi connectivity index (χ2n) is 31.1. The molecule has 6 rings (SSSR count). The maximum Gasteiger partial charge on any atom is 1.00 e. The van der Waals surface area contributed by atoms with Crippen LogP contribution in [0.3, 0.4) is 0 Å². The van der Waals surface area contributed by atoms with Crippen LogP contribution in [0.2, 0.25) is 0 Å². The van der Waals surface area contributed by atoms with Crippen molar-refractivity contribution in [3.63, 3.8) is 0 Å². The van der Waals surface area contributed by atoms with Gasteiger partial charge in [0, 0.05) is 47.2 Å². The summed E-state index contributed by atoms with van der Waals surface area (Å²) < 4.78 is 113. The molecule has 0 aliphatic heterocycles. The van der Waals surface area contributed by atoms with Gasteiger partial charge in [0.15, 0.2) is 0 Å². The number of ether oxygens (including phenoxy) is 5. The van der Waals surface area contributed by atoms with E-state index >= 15 is 0 Å². The predicted molar refractivity (Wildman–Crippen MR) is 399 cm³/mol. The number of aliphatic hydroxyl groups excluding tert-OH is 4. The number of nitrogens with one attached hydrogen (secondary N) is 5. The molecule has 0 spiro atoms. The average Bonchev–Trinajstić information content (AvgIpc) is 1.71. The Balaban J connectivity index is -0.000000558. The largest absolute Gasteiger partial charge is 1.00 e. The van der Waals surface area contributed by atoms with Gasteiger partial charge >= 0.3 is 60.0 Å². The molecule has 101 heavy (non-hydrogen) atoms. The third-order valence-electron chi connectivity index (χ3n) is 15.7. The molecule has 0 aromatic carbocycles. The summed E-state index contributed by atoms with van der Waals surface area (Å²) in [6.07, 6.45) is 11.5. The molecule has 11 N–H and O–H groups in total. The Kier molecular flexibility index (Phi) is 48.0. The first-order valence-corrected chi connectivity index (χ1v) is 42.3.